The van der Waals surface area contributed by atoms with Gasteiger partial charge in [0.1, 0.15) is 5.69 Å². The van der Waals surface area contributed by atoms with E-state index >= 15 is 0 Å². The van der Waals surface area contributed by atoms with E-state index in [1.54, 1.807) is 29.3 Å². The van der Waals surface area contributed by atoms with Gasteiger partial charge in [0.05, 0.1) is 17.8 Å². The third kappa shape index (κ3) is 4.52. The van der Waals surface area contributed by atoms with Crippen LogP contribution in [0.1, 0.15) is 86.5 Å². The van der Waals surface area contributed by atoms with Gasteiger partial charge in [-0.2, -0.15) is 10.2 Å². The molecule has 166 valence electrons. The Bertz CT molecular complexity index is 1040. The minimum absolute atomic E-state index is 0.116. The SMILES string of the molecule is CCCC(C)C1CCC(n2cc(CC(=O)c3cnn4cccnc34)c(C(F)F)n2)CC1. The van der Waals surface area contributed by atoms with Crippen molar-refractivity contribution in [1.29, 1.82) is 0 Å². The fourth-order valence-corrected chi connectivity index (χ4v) is 4.87. The van der Waals surface area contributed by atoms with Crippen LogP contribution in [0.4, 0.5) is 8.78 Å². The smallest absolute Gasteiger partial charge is 0.282 e. The van der Waals surface area contributed by atoms with Crippen molar-refractivity contribution in [2.45, 2.75) is 71.3 Å². The molecule has 3 aromatic rings. The minimum atomic E-state index is -2.72. The fourth-order valence-electron chi connectivity index (χ4n) is 4.87. The van der Waals surface area contributed by atoms with Crippen molar-refractivity contribution in [2.24, 2.45) is 11.8 Å². The molecule has 31 heavy (non-hydrogen) atoms. The molecule has 0 bridgehead atoms. The van der Waals surface area contributed by atoms with Crippen LogP contribution in [0, 0.1) is 11.8 Å². The van der Waals surface area contributed by atoms with Crippen molar-refractivity contribution in [3.63, 3.8) is 0 Å². The van der Waals surface area contributed by atoms with Crippen LogP contribution in [0.5, 0.6) is 0 Å². The molecule has 1 unspecified atom stereocenters. The summed E-state index contributed by atoms with van der Waals surface area (Å²) in [5.41, 5.74) is 0.757. The molecule has 1 aliphatic carbocycles. The Balaban J connectivity index is 1.50. The van der Waals surface area contributed by atoms with Crippen LogP contribution in [-0.4, -0.2) is 30.2 Å². The number of aromatic nitrogens is 5. The lowest BCUT2D eigenvalue weighted by Crippen LogP contribution is -2.22. The summed E-state index contributed by atoms with van der Waals surface area (Å²) in [6, 6.07) is 1.83. The van der Waals surface area contributed by atoms with Crippen LogP contribution in [-0.2, 0) is 6.42 Å². The Morgan fingerprint density at radius 1 is 1.26 bits per heavy atom. The van der Waals surface area contributed by atoms with Gasteiger partial charge in [-0.3, -0.25) is 9.48 Å². The Morgan fingerprint density at radius 3 is 2.74 bits per heavy atom. The average molecular weight is 430 g/mol. The largest absolute Gasteiger partial charge is 0.294 e. The van der Waals surface area contributed by atoms with E-state index in [2.05, 4.69) is 29.0 Å². The number of carbonyl (C=O) groups is 1. The quantitative estimate of drug-likeness (QED) is 0.446. The van der Waals surface area contributed by atoms with Crippen LogP contribution < -0.4 is 0 Å². The van der Waals surface area contributed by atoms with Gasteiger partial charge in [-0.05, 0) is 43.6 Å². The van der Waals surface area contributed by atoms with E-state index in [9.17, 15) is 13.6 Å². The maximum Gasteiger partial charge on any atom is 0.282 e. The number of fused-ring (bicyclic) bond motifs is 1. The molecule has 1 saturated carbocycles. The van der Waals surface area contributed by atoms with Crippen LogP contribution >= 0.6 is 0 Å². The number of hydrogen-bond acceptors (Lipinski definition) is 4. The highest BCUT2D eigenvalue weighted by Gasteiger charge is 2.29. The minimum Gasteiger partial charge on any atom is -0.294 e. The Hall–Kier alpha value is -2.64. The van der Waals surface area contributed by atoms with E-state index < -0.39 is 6.43 Å². The number of nitrogens with zero attached hydrogens (tertiary/aromatic N) is 5. The molecule has 4 rings (SSSR count). The van der Waals surface area contributed by atoms with Gasteiger partial charge < -0.3 is 0 Å². The van der Waals surface area contributed by atoms with Gasteiger partial charge in [0.15, 0.2) is 11.4 Å². The standard InChI is InChI=1S/C23H29F2N5O/c1-3-5-15(2)16-6-8-18(9-7-16)30-14-17(21(28-30)22(24)25)12-20(31)19-13-27-29-11-4-10-26-23(19)29/h4,10-11,13-16,18,22H,3,5-9,12H2,1-2H3. The molecule has 0 saturated heterocycles. The summed E-state index contributed by atoms with van der Waals surface area (Å²) in [6.07, 6.45) is 10.0. The predicted molar refractivity (Wildman–Crippen MR) is 113 cm³/mol. The first-order valence-corrected chi connectivity index (χ1v) is 11.2. The summed E-state index contributed by atoms with van der Waals surface area (Å²) < 4.78 is 30.6. The zero-order valence-electron chi connectivity index (χ0n) is 18.0. The zero-order chi connectivity index (χ0) is 22.0. The molecule has 0 radical (unpaired) electrons. The van der Waals surface area contributed by atoms with Gasteiger partial charge in [0.2, 0.25) is 0 Å². The van der Waals surface area contributed by atoms with Crippen molar-refractivity contribution in [1.82, 2.24) is 24.4 Å². The molecule has 0 spiro atoms. The topological polar surface area (TPSA) is 65.1 Å². The van der Waals surface area contributed by atoms with Crippen molar-refractivity contribution in [3.8, 4) is 0 Å². The molecule has 0 aliphatic heterocycles. The summed E-state index contributed by atoms with van der Waals surface area (Å²) in [7, 11) is 0. The Labute approximate surface area is 180 Å². The van der Waals surface area contributed by atoms with Crippen LogP contribution in [0.15, 0.2) is 30.9 Å². The van der Waals surface area contributed by atoms with Gasteiger partial charge in [-0.1, -0.05) is 26.7 Å². The van der Waals surface area contributed by atoms with Crippen molar-refractivity contribution in [3.05, 3.63) is 47.7 Å². The van der Waals surface area contributed by atoms with E-state index in [-0.39, 0.29) is 29.5 Å². The molecule has 0 amide bonds. The first kappa shape index (κ1) is 21.6. The molecule has 3 aromatic heterocycles. The highest BCUT2D eigenvalue weighted by Crippen LogP contribution is 2.38. The molecular formula is C23H29F2N5O. The second-order valence-electron chi connectivity index (χ2n) is 8.70. The molecule has 0 aromatic carbocycles. The molecule has 3 heterocycles. The zero-order valence-corrected chi connectivity index (χ0v) is 18.0. The molecule has 1 atom stereocenters. The molecule has 1 aliphatic rings. The number of Topliss-reactive ketones (excluding diaryl/α,β-unsaturated/α-hetero) is 1. The highest BCUT2D eigenvalue weighted by atomic mass is 19.3. The van der Waals surface area contributed by atoms with Gasteiger partial charge >= 0.3 is 0 Å². The highest BCUT2D eigenvalue weighted by molar-refractivity contribution is 6.02. The number of hydrogen-bond donors (Lipinski definition) is 0. The van der Waals surface area contributed by atoms with Crippen LogP contribution in [0.3, 0.4) is 0 Å². The number of halogens is 2. The third-order valence-corrected chi connectivity index (χ3v) is 6.64. The lowest BCUT2D eigenvalue weighted by Gasteiger charge is -2.32. The van der Waals surface area contributed by atoms with Gasteiger partial charge in [-0.25, -0.2) is 18.3 Å². The second kappa shape index (κ2) is 9.24. The molecule has 8 heteroatoms. The number of rotatable bonds is 8. The Kier molecular flexibility index (Phi) is 6.43. The maximum absolute atomic E-state index is 13.7. The molecule has 1 fully saturated rings. The van der Waals surface area contributed by atoms with Gasteiger partial charge in [0, 0.05) is 30.6 Å². The van der Waals surface area contributed by atoms with Crippen LogP contribution in [0.2, 0.25) is 0 Å². The molecular weight excluding hydrogens is 400 g/mol. The number of ketones is 1. The summed E-state index contributed by atoms with van der Waals surface area (Å²) in [6.45, 7) is 4.53. The van der Waals surface area contributed by atoms with Crippen LogP contribution in [0.25, 0.3) is 5.65 Å². The first-order chi connectivity index (χ1) is 15.0. The summed E-state index contributed by atoms with van der Waals surface area (Å²) in [5, 5.41) is 8.33. The maximum atomic E-state index is 13.7. The van der Waals surface area contributed by atoms with Gasteiger partial charge in [0.25, 0.3) is 6.43 Å². The van der Waals surface area contributed by atoms with Crippen molar-refractivity contribution < 1.29 is 13.6 Å². The predicted octanol–water partition coefficient (Wildman–Crippen LogP) is 5.46. The average Bonchev–Trinajstić information content (AvgIpc) is 3.38. The van der Waals surface area contributed by atoms with Gasteiger partial charge in [-0.15, -0.1) is 0 Å². The van der Waals surface area contributed by atoms with E-state index in [4.69, 9.17) is 0 Å². The number of carbonyl (C=O) groups excluding carboxylic acids is 1. The fraction of sp³-hybridized carbons (Fsp3) is 0.565. The van der Waals surface area contributed by atoms with Crippen molar-refractivity contribution in [2.75, 3.05) is 0 Å². The third-order valence-electron chi connectivity index (χ3n) is 6.64. The molecule has 6 nitrogen and oxygen atoms in total. The lowest BCUT2D eigenvalue weighted by atomic mass is 9.77. The monoisotopic (exact) mass is 429 g/mol. The van der Waals surface area contributed by atoms with E-state index in [0.717, 1.165) is 25.7 Å². The Morgan fingerprint density at radius 2 is 2.03 bits per heavy atom. The van der Waals surface area contributed by atoms with E-state index in [0.29, 0.717) is 23.0 Å². The summed E-state index contributed by atoms with van der Waals surface area (Å²) in [5.74, 6) is 1.12. The summed E-state index contributed by atoms with van der Waals surface area (Å²) in [4.78, 5) is 17.0. The number of alkyl halides is 2. The lowest BCUT2D eigenvalue weighted by molar-refractivity contribution is 0.0992. The normalized spacial score (nSPS) is 20.4. The van der Waals surface area contributed by atoms with E-state index in [1.165, 1.54) is 23.6 Å². The molecule has 0 N–H and O–H groups in total. The van der Waals surface area contributed by atoms with E-state index in [1.807, 2.05) is 0 Å². The second-order valence-corrected chi connectivity index (χ2v) is 8.70. The summed E-state index contributed by atoms with van der Waals surface area (Å²) >= 11 is 0. The first-order valence-electron chi connectivity index (χ1n) is 11.2. The van der Waals surface area contributed by atoms with Crippen molar-refractivity contribution >= 4 is 11.4 Å².